The molecule has 0 spiro atoms. The predicted octanol–water partition coefficient (Wildman–Crippen LogP) is 2.28. The molecule has 4 nitrogen and oxygen atoms in total. The summed E-state index contributed by atoms with van der Waals surface area (Å²) in [7, 11) is -3.47. The quantitative estimate of drug-likeness (QED) is 0.911. The van der Waals surface area contributed by atoms with E-state index in [0.29, 0.717) is 23.9 Å². The van der Waals surface area contributed by atoms with E-state index in [2.05, 4.69) is 6.92 Å². The third-order valence-electron chi connectivity index (χ3n) is 4.87. The van der Waals surface area contributed by atoms with Crippen molar-refractivity contribution in [2.24, 2.45) is 11.7 Å². The van der Waals surface area contributed by atoms with Crippen LogP contribution in [0.4, 0.5) is 0 Å². The van der Waals surface area contributed by atoms with Gasteiger partial charge in [-0.25, -0.2) is 8.42 Å². The number of sulfonamides is 1. The molecule has 0 bridgehead atoms. The highest BCUT2D eigenvalue weighted by molar-refractivity contribution is 7.89. The zero-order valence-electron chi connectivity index (χ0n) is 13.6. The molecular formula is C16H26N2O2S. The number of nitrogens with two attached hydrogens (primary N) is 1. The third kappa shape index (κ3) is 2.87. The molecule has 0 aromatic heterocycles. The molecule has 0 aliphatic carbocycles. The lowest BCUT2D eigenvalue weighted by atomic mass is 9.96. The standard InChI is InChI=1S/C16H26N2O2S/c1-10-6-7-18(9-15(10)17)21(19,20)16-13(4)11(2)8-12(3)14(16)5/h8,10,15H,6-7,9,17H2,1-5H3. The van der Waals surface area contributed by atoms with E-state index in [1.807, 2.05) is 33.8 Å². The van der Waals surface area contributed by atoms with E-state index in [1.54, 1.807) is 4.31 Å². The molecule has 1 aromatic carbocycles. The van der Waals surface area contributed by atoms with Crippen molar-refractivity contribution in [3.05, 3.63) is 28.3 Å². The summed E-state index contributed by atoms with van der Waals surface area (Å²) in [6.45, 7) is 10.8. The second kappa shape index (κ2) is 5.71. The maximum Gasteiger partial charge on any atom is 0.243 e. The first-order valence-electron chi connectivity index (χ1n) is 7.49. The van der Waals surface area contributed by atoms with Gasteiger partial charge in [0.25, 0.3) is 0 Å². The summed E-state index contributed by atoms with van der Waals surface area (Å²) in [6.07, 6.45) is 0.823. The maximum atomic E-state index is 13.1. The number of hydrogen-bond acceptors (Lipinski definition) is 3. The van der Waals surface area contributed by atoms with Gasteiger partial charge in [-0.15, -0.1) is 0 Å². The van der Waals surface area contributed by atoms with Gasteiger partial charge in [0.05, 0.1) is 4.90 Å². The van der Waals surface area contributed by atoms with Gasteiger partial charge < -0.3 is 5.73 Å². The van der Waals surface area contributed by atoms with Gasteiger partial charge in [-0.2, -0.15) is 4.31 Å². The van der Waals surface area contributed by atoms with Crippen LogP contribution >= 0.6 is 0 Å². The van der Waals surface area contributed by atoms with Crippen LogP contribution < -0.4 is 5.73 Å². The average molecular weight is 310 g/mol. The Morgan fingerprint density at radius 1 is 1.14 bits per heavy atom. The molecule has 2 unspecified atom stereocenters. The summed E-state index contributed by atoms with van der Waals surface area (Å²) >= 11 is 0. The molecule has 1 saturated heterocycles. The average Bonchev–Trinajstić information content (AvgIpc) is 2.39. The second-order valence-electron chi connectivity index (χ2n) is 6.38. The van der Waals surface area contributed by atoms with Crippen molar-refractivity contribution in [2.75, 3.05) is 13.1 Å². The number of benzene rings is 1. The minimum Gasteiger partial charge on any atom is -0.326 e. The van der Waals surface area contributed by atoms with Crippen LogP contribution in [0, 0.1) is 33.6 Å². The van der Waals surface area contributed by atoms with Crippen LogP contribution in [0.25, 0.3) is 0 Å². The van der Waals surface area contributed by atoms with Crippen molar-refractivity contribution < 1.29 is 8.42 Å². The summed E-state index contributed by atoms with van der Waals surface area (Å²) in [5, 5.41) is 0. The van der Waals surface area contributed by atoms with Crippen molar-refractivity contribution in [2.45, 2.75) is 52.0 Å². The minimum absolute atomic E-state index is 0.0833. The zero-order valence-corrected chi connectivity index (χ0v) is 14.4. The molecule has 2 N–H and O–H groups in total. The molecule has 0 saturated carbocycles. The molecule has 2 atom stereocenters. The predicted molar refractivity (Wildman–Crippen MR) is 85.9 cm³/mol. The summed E-state index contributed by atoms with van der Waals surface area (Å²) in [5.74, 6) is 0.373. The van der Waals surface area contributed by atoms with E-state index in [-0.39, 0.29) is 6.04 Å². The summed E-state index contributed by atoms with van der Waals surface area (Å²) in [4.78, 5) is 0.474. The lowest BCUT2D eigenvalue weighted by molar-refractivity contribution is 0.253. The van der Waals surface area contributed by atoms with Crippen molar-refractivity contribution in [3.63, 3.8) is 0 Å². The second-order valence-corrected chi connectivity index (χ2v) is 8.26. The van der Waals surface area contributed by atoms with E-state index in [1.165, 1.54) is 0 Å². The SMILES string of the molecule is Cc1cc(C)c(C)c(S(=O)(=O)N2CCC(C)C(N)C2)c1C. The fourth-order valence-corrected chi connectivity index (χ4v) is 5.05. The molecular weight excluding hydrogens is 284 g/mol. The van der Waals surface area contributed by atoms with Gasteiger partial charge in [-0.1, -0.05) is 13.0 Å². The third-order valence-corrected chi connectivity index (χ3v) is 7.01. The van der Waals surface area contributed by atoms with Crippen molar-refractivity contribution in [3.8, 4) is 0 Å². The molecule has 1 aromatic rings. The van der Waals surface area contributed by atoms with Crippen LogP contribution in [0.5, 0.6) is 0 Å². The first kappa shape index (κ1) is 16.5. The molecule has 1 aliphatic rings. The summed E-state index contributed by atoms with van der Waals surface area (Å²) in [5.41, 5.74) is 9.82. The molecule has 0 radical (unpaired) electrons. The smallest absolute Gasteiger partial charge is 0.243 e. The first-order valence-corrected chi connectivity index (χ1v) is 8.93. The van der Waals surface area contributed by atoms with Gasteiger partial charge in [0.15, 0.2) is 0 Å². The van der Waals surface area contributed by atoms with Gasteiger partial charge >= 0.3 is 0 Å². The highest BCUT2D eigenvalue weighted by Gasteiger charge is 2.34. The largest absolute Gasteiger partial charge is 0.326 e. The van der Waals surface area contributed by atoms with Gasteiger partial charge in [-0.3, -0.25) is 0 Å². The molecule has 21 heavy (non-hydrogen) atoms. The van der Waals surface area contributed by atoms with Crippen LogP contribution in [0.15, 0.2) is 11.0 Å². The minimum atomic E-state index is -3.47. The monoisotopic (exact) mass is 310 g/mol. The van der Waals surface area contributed by atoms with Crippen molar-refractivity contribution in [1.82, 2.24) is 4.31 Å². The Hall–Kier alpha value is -0.910. The molecule has 5 heteroatoms. The fourth-order valence-electron chi connectivity index (χ4n) is 2.98. The zero-order chi connectivity index (χ0) is 15.9. The summed E-state index contributed by atoms with van der Waals surface area (Å²) < 4.78 is 27.7. The Morgan fingerprint density at radius 3 is 2.14 bits per heavy atom. The Balaban J connectivity index is 2.51. The van der Waals surface area contributed by atoms with Gasteiger partial charge in [0.2, 0.25) is 10.0 Å². The van der Waals surface area contributed by atoms with Crippen molar-refractivity contribution in [1.29, 1.82) is 0 Å². The molecule has 1 aliphatic heterocycles. The Kier molecular flexibility index (Phi) is 4.47. The van der Waals surface area contributed by atoms with E-state index in [4.69, 9.17) is 5.73 Å². The van der Waals surface area contributed by atoms with Crippen LogP contribution in [-0.4, -0.2) is 31.9 Å². The van der Waals surface area contributed by atoms with E-state index < -0.39 is 10.0 Å². The van der Waals surface area contributed by atoms with E-state index >= 15 is 0 Å². The molecule has 0 amide bonds. The van der Waals surface area contributed by atoms with Crippen LogP contribution in [-0.2, 0) is 10.0 Å². The fraction of sp³-hybridized carbons (Fsp3) is 0.625. The molecule has 2 rings (SSSR count). The van der Waals surface area contributed by atoms with Crippen molar-refractivity contribution >= 4 is 10.0 Å². The lowest BCUT2D eigenvalue weighted by Crippen LogP contribution is -2.49. The van der Waals surface area contributed by atoms with Gasteiger partial charge in [-0.05, 0) is 62.3 Å². The number of piperidine rings is 1. The normalized spacial score (nSPS) is 24.3. The maximum absolute atomic E-state index is 13.1. The van der Waals surface area contributed by atoms with Crippen LogP contribution in [0.3, 0.4) is 0 Å². The highest BCUT2D eigenvalue weighted by atomic mass is 32.2. The molecule has 118 valence electrons. The Labute approximate surface area is 128 Å². The van der Waals surface area contributed by atoms with Crippen LogP contribution in [0.2, 0.25) is 0 Å². The molecule has 1 fully saturated rings. The lowest BCUT2D eigenvalue weighted by Gasteiger charge is -2.35. The number of rotatable bonds is 2. The number of nitrogens with zero attached hydrogens (tertiary/aromatic N) is 1. The van der Waals surface area contributed by atoms with Gasteiger partial charge in [0.1, 0.15) is 0 Å². The highest BCUT2D eigenvalue weighted by Crippen LogP contribution is 2.30. The number of hydrogen-bond donors (Lipinski definition) is 1. The van der Waals surface area contributed by atoms with E-state index in [9.17, 15) is 8.42 Å². The Morgan fingerprint density at radius 2 is 1.67 bits per heavy atom. The number of aryl methyl sites for hydroxylation is 2. The Bertz CT molecular complexity index is 626. The van der Waals surface area contributed by atoms with Crippen LogP contribution in [0.1, 0.15) is 35.6 Å². The van der Waals surface area contributed by atoms with Gasteiger partial charge in [0, 0.05) is 19.1 Å². The molecule has 1 heterocycles. The first-order chi connectivity index (χ1) is 9.66. The van der Waals surface area contributed by atoms with E-state index in [0.717, 1.165) is 28.7 Å². The topological polar surface area (TPSA) is 63.4 Å². The summed E-state index contributed by atoms with van der Waals surface area (Å²) in [6, 6.07) is 1.97.